The lowest BCUT2D eigenvalue weighted by molar-refractivity contribution is 0.350. The summed E-state index contributed by atoms with van der Waals surface area (Å²) in [5.41, 5.74) is 3.40. The zero-order valence-corrected chi connectivity index (χ0v) is 14.8. The van der Waals surface area contributed by atoms with Crippen LogP contribution in [0.15, 0.2) is 61.2 Å². The van der Waals surface area contributed by atoms with E-state index >= 15 is 0 Å². The van der Waals surface area contributed by atoms with Crippen molar-refractivity contribution in [3.63, 3.8) is 0 Å². The Hall–Kier alpha value is -2.79. The van der Waals surface area contributed by atoms with Crippen LogP contribution in [-0.2, 0) is 6.54 Å². The van der Waals surface area contributed by atoms with Gasteiger partial charge in [-0.3, -0.25) is 0 Å². The number of ether oxygens (including phenoxy) is 2. The lowest BCUT2D eigenvalue weighted by Crippen LogP contribution is -2.18. The van der Waals surface area contributed by atoms with Crippen LogP contribution in [0.25, 0.3) is 5.69 Å². The van der Waals surface area contributed by atoms with Gasteiger partial charge in [0.15, 0.2) is 11.5 Å². The van der Waals surface area contributed by atoms with Gasteiger partial charge in [-0.05, 0) is 30.7 Å². The fourth-order valence-electron chi connectivity index (χ4n) is 2.82. The van der Waals surface area contributed by atoms with E-state index in [1.807, 2.05) is 29.0 Å². The summed E-state index contributed by atoms with van der Waals surface area (Å²) in [6.45, 7) is 2.85. The molecule has 130 valence electrons. The molecule has 0 spiro atoms. The molecular weight excluding hydrogens is 314 g/mol. The van der Waals surface area contributed by atoms with Crippen LogP contribution in [0, 0.1) is 0 Å². The molecule has 3 rings (SSSR count). The quantitative estimate of drug-likeness (QED) is 0.713. The number of methoxy groups -OCH3 is 2. The minimum absolute atomic E-state index is 0.216. The minimum Gasteiger partial charge on any atom is -0.493 e. The second kappa shape index (κ2) is 7.85. The number of nitrogens with one attached hydrogen (secondary N) is 1. The smallest absolute Gasteiger partial charge is 0.165 e. The highest BCUT2D eigenvalue weighted by Gasteiger charge is 2.11. The topological polar surface area (TPSA) is 48.3 Å². The molecule has 3 aromatic rings. The van der Waals surface area contributed by atoms with E-state index in [1.165, 1.54) is 5.56 Å². The Morgan fingerprint density at radius 3 is 2.52 bits per heavy atom. The summed E-state index contributed by atoms with van der Waals surface area (Å²) in [4.78, 5) is 4.08. The van der Waals surface area contributed by atoms with Crippen molar-refractivity contribution in [2.75, 3.05) is 14.2 Å². The summed E-state index contributed by atoms with van der Waals surface area (Å²) < 4.78 is 12.8. The Morgan fingerprint density at radius 1 is 1.08 bits per heavy atom. The van der Waals surface area contributed by atoms with Crippen LogP contribution in [0.2, 0.25) is 0 Å². The summed E-state index contributed by atoms with van der Waals surface area (Å²) in [5.74, 6) is 1.53. The number of hydrogen-bond donors (Lipinski definition) is 1. The van der Waals surface area contributed by atoms with E-state index in [0.717, 1.165) is 22.7 Å². The highest BCUT2D eigenvalue weighted by Crippen LogP contribution is 2.31. The van der Waals surface area contributed by atoms with E-state index in [1.54, 1.807) is 26.7 Å². The van der Waals surface area contributed by atoms with Crippen molar-refractivity contribution in [1.82, 2.24) is 14.9 Å². The first-order valence-corrected chi connectivity index (χ1v) is 8.24. The molecule has 1 N–H and O–H groups in total. The van der Waals surface area contributed by atoms with Gasteiger partial charge in [-0.15, -0.1) is 0 Å². The van der Waals surface area contributed by atoms with Gasteiger partial charge in [0.25, 0.3) is 0 Å². The summed E-state index contributed by atoms with van der Waals surface area (Å²) in [7, 11) is 3.32. The zero-order chi connectivity index (χ0) is 17.6. The predicted molar refractivity (Wildman–Crippen MR) is 98.4 cm³/mol. The lowest BCUT2D eigenvalue weighted by Gasteiger charge is -2.17. The van der Waals surface area contributed by atoms with Crippen LogP contribution in [0.4, 0.5) is 0 Å². The van der Waals surface area contributed by atoms with Crippen molar-refractivity contribution in [1.29, 1.82) is 0 Å². The number of rotatable bonds is 7. The molecule has 0 amide bonds. The van der Waals surface area contributed by atoms with Gasteiger partial charge in [0.2, 0.25) is 0 Å². The predicted octanol–water partition coefficient (Wildman–Crippen LogP) is 3.74. The van der Waals surface area contributed by atoms with Crippen LogP contribution >= 0.6 is 0 Å². The third-order valence-corrected chi connectivity index (χ3v) is 4.28. The SMILES string of the molecule is COc1cccc(CNC(C)c2ccc(-n3ccnc3)cc2)c1OC. The molecule has 2 aromatic carbocycles. The van der Waals surface area contributed by atoms with E-state index in [4.69, 9.17) is 9.47 Å². The Labute approximate surface area is 148 Å². The third-order valence-electron chi connectivity index (χ3n) is 4.28. The van der Waals surface area contributed by atoms with E-state index in [2.05, 4.69) is 41.5 Å². The molecule has 0 saturated heterocycles. The van der Waals surface area contributed by atoms with Crippen molar-refractivity contribution >= 4 is 0 Å². The Morgan fingerprint density at radius 2 is 1.88 bits per heavy atom. The molecular formula is C20H23N3O2. The van der Waals surface area contributed by atoms with Gasteiger partial charge in [-0.25, -0.2) is 4.98 Å². The monoisotopic (exact) mass is 337 g/mol. The number of imidazole rings is 1. The molecule has 5 nitrogen and oxygen atoms in total. The highest BCUT2D eigenvalue weighted by atomic mass is 16.5. The van der Waals surface area contributed by atoms with Crippen molar-refractivity contribution in [3.8, 4) is 17.2 Å². The molecule has 1 heterocycles. The lowest BCUT2D eigenvalue weighted by atomic mass is 10.1. The maximum atomic E-state index is 5.49. The summed E-state index contributed by atoms with van der Waals surface area (Å²) in [6.07, 6.45) is 5.51. The first kappa shape index (κ1) is 17.0. The number of para-hydroxylation sites is 1. The average Bonchev–Trinajstić information content (AvgIpc) is 3.20. The molecule has 25 heavy (non-hydrogen) atoms. The average molecular weight is 337 g/mol. The van der Waals surface area contributed by atoms with E-state index in [-0.39, 0.29) is 6.04 Å². The van der Waals surface area contributed by atoms with Crippen molar-refractivity contribution in [2.45, 2.75) is 19.5 Å². The first-order valence-electron chi connectivity index (χ1n) is 8.24. The number of benzene rings is 2. The molecule has 1 unspecified atom stereocenters. The van der Waals surface area contributed by atoms with Gasteiger partial charge in [-0.1, -0.05) is 24.3 Å². The van der Waals surface area contributed by atoms with Gasteiger partial charge < -0.3 is 19.4 Å². The molecule has 0 radical (unpaired) electrons. The minimum atomic E-state index is 0.216. The zero-order valence-electron chi connectivity index (χ0n) is 14.8. The van der Waals surface area contributed by atoms with Gasteiger partial charge in [-0.2, -0.15) is 0 Å². The van der Waals surface area contributed by atoms with Crippen molar-refractivity contribution in [2.24, 2.45) is 0 Å². The molecule has 5 heteroatoms. The summed E-state index contributed by atoms with van der Waals surface area (Å²) in [6, 6.07) is 14.6. The maximum absolute atomic E-state index is 5.49. The molecule has 0 fully saturated rings. The van der Waals surface area contributed by atoms with Crippen LogP contribution in [0.3, 0.4) is 0 Å². The summed E-state index contributed by atoms with van der Waals surface area (Å²) >= 11 is 0. The molecule has 0 aliphatic heterocycles. The Balaban J connectivity index is 1.68. The molecule has 1 atom stereocenters. The number of aromatic nitrogens is 2. The number of hydrogen-bond acceptors (Lipinski definition) is 4. The second-order valence-electron chi connectivity index (χ2n) is 5.82. The van der Waals surface area contributed by atoms with Gasteiger partial charge in [0, 0.05) is 36.2 Å². The standard InChI is InChI=1S/C20H23N3O2/c1-15(16-7-9-18(10-8-16)23-12-11-21-14-23)22-13-17-5-4-6-19(24-2)20(17)25-3/h4-12,14-15,22H,13H2,1-3H3. The second-order valence-corrected chi connectivity index (χ2v) is 5.82. The Kier molecular flexibility index (Phi) is 5.36. The fraction of sp³-hybridized carbons (Fsp3) is 0.250. The first-order chi connectivity index (χ1) is 12.2. The van der Waals surface area contributed by atoms with Crippen molar-refractivity contribution < 1.29 is 9.47 Å². The fourth-order valence-corrected chi connectivity index (χ4v) is 2.82. The molecule has 1 aromatic heterocycles. The molecule has 0 saturated carbocycles. The summed E-state index contributed by atoms with van der Waals surface area (Å²) in [5, 5.41) is 3.54. The van der Waals surface area contributed by atoms with E-state index in [9.17, 15) is 0 Å². The van der Waals surface area contributed by atoms with Crippen LogP contribution in [0.5, 0.6) is 11.5 Å². The Bertz CT molecular complexity index is 798. The van der Waals surface area contributed by atoms with Crippen LogP contribution in [-0.4, -0.2) is 23.8 Å². The maximum Gasteiger partial charge on any atom is 0.165 e. The largest absolute Gasteiger partial charge is 0.493 e. The molecule has 0 aliphatic rings. The molecule has 0 bridgehead atoms. The van der Waals surface area contributed by atoms with Gasteiger partial charge >= 0.3 is 0 Å². The van der Waals surface area contributed by atoms with Gasteiger partial charge in [0.1, 0.15) is 0 Å². The number of nitrogens with zero attached hydrogens (tertiary/aromatic N) is 2. The highest BCUT2D eigenvalue weighted by molar-refractivity contribution is 5.46. The van der Waals surface area contributed by atoms with Crippen molar-refractivity contribution in [3.05, 3.63) is 72.3 Å². The normalized spacial score (nSPS) is 12.0. The van der Waals surface area contributed by atoms with Crippen LogP contribution < -0.4 is 14.8 Å². The third kappa shape index (κ3) is 3.83. The van der Waals surface area contributed by atoms with E-state index in [0.29, 0.717) is 6.54 Å². The van der Waals surface area contributed by atoms with Gasteiger partial charge in [0.05, 0.1) is 20.5 Å². The van der Waals surface area contributed by atoms with Crippen LogP contribution in [0.1, 0.15) is 24.1 Å². The van der Waals surface area contributed by atoms with E-state index < -0.39 is 0 Å². The molecule has 0 aliphatic carbocycles.